The zero-order valence-electron chi connectivity index (χ0n) is 11.1. The molecule has 1 aliphatic rings. The van der Waals surface area contributed by atoms with E-state index in [1.165, 1.54) is 16.7 Å². The molecule has 0 bridgehead atoms. The van der Waals surface area contributed by atoms with Crippen molar-refractivity contribution in [3.05, 3.63) is 35.6 Å². The second-order valence-electron chi connectivity index (χ2n) is 4.82. The van der Waals surface area contributed by atoms with Crippen molar-refractivity contribution in [2.75, 3.05) is 13.1 Å². The molecule has 1 saturated heterocycles. The van der Waals surface area contributed by atoms with E-state index in [2.05, 4.69) is 19.9 Å². The smallest absolute Gasteiger partial charge is 0.276 e. The molecule has 9 heteroatoms. The van der Waals surface area contributed by atoms with Crippen LogP contribution in [0.2, 0.25) is 5.28 Å². The van der Waals surface area contributed by atoms with E-state index in [-0.39, 0.29) is 16.4 Å². The minimum Gasteiger partial charge on any atom is -0.334 e. The van der Waals surface area contributed by atoms with Crippen LogP contribution in [0.15, 0.2) is 29.8 Å². The molecule has 0 aromatic carbocycles. The maximum atomic E-state index is 12.3. The number of sulfonamides is 1. The van der Waals surface area contributed by atoms with Gasteiger partial charge in [-0.15, -0.1) is 0 Å². The Morgan fingerprint density at radius 1 is 1.24 bits per heavy atom. The number of aromatic amines is 1. The maximum absolute atomic E-state index is 12.3. The fourth-order valence-electron chi connectivity index (χ4n) is 2.48. The Balaban J connectivity index is 1.71. The third kappa shape index (κ3) is 2.92. The van der Waals surface area contributed by atoms with E-state index in [0.29, 0.717) is 25.9 Å². The number of piperidine rings is 1. The maximum Gasteiger partial charge on any atom is 0.276 e. The summed E-state index contributed by atoms with van der Waals surface area (Å²) in [5.41, 5.74) is 0.866. The molecular formula is C12H14ClN5O2S. The average molecular weight is 328 g/mol. The van der Waals surface area contributed by atoms with Crippen LogP contribution < -0.4 is 0 Å². The van der Waals surface area contributed by atoms with Crippen molar-refractivity contribution in [3.63, 3.8) is 0 Å². The van der Waals surface area contributed by atoms with E-state index < -0.39 is 10.0 Å². The molecular weight excluding hydrogens is 314 g/mol. The van der Waals surface area contributed by atoms with Crippen molar-refractivity contribution in [2.45, 2.75) is 23.9 Å². The fraction of sp³-hybridized carbons (Fsp3) is 0.417. The van der Waals surface area contributed by atoms with E-state index in [9.17, 15) is 8.42 Å². The van der Waals surface area contributed by atoms with Gasteiger partial charge in [-0.25, -0.2) is 23.4 Å². The molecule has 1 aliphatic heterocycles. The Kier molecular flexibility index (Phi) is 3.92. The molecule has 0 saturated carbocycles. The SMILES string of the molecule is O=S(=O)(c1ncc[nH]1)N1CCC(c2ccnc(Cl)n2)CC1. The number of hydrogen-bond donors (Lipinski definition) is 1. The van der Waals surface area contributed by atoms with Crippen LogP contribution in [0.5, 0.6) is 0 Å². The van der Waals surface area contributed by atoms with Gasteiger partial charge in [-0.05, 0) is 30.5 Å². The first-order valence-corrected chi connectivity index (χ1v) is 8.37. The summed E-state index contributed by atoms with van der Waals surface area (Å²) in [5.74, 6) is 0.202. The Bertz CT molecular complexity index is 711. The lowest BCUT2D eigenvalue weighted by Gasteiger charge is -2.30. The van der Waals surface area contributed by atoms with Gasteiger partial charge in [-0.2, -0.15) is 4.31 Å². The molecule has 1 fully saturated rings. The van der Waals surface area contributed by atoms with Gasteiger partial charge in [0.1, 0.15) is 0 Å². The summed E-state index contributed by atoms with van der Waals surface area (Å²) in [7, 11) is -3.52. The normalized spacial score (nSPS) is 18.0. The molecule has 0 radical (unpaired) electrons. The highest BCUT2D eigenvalue weighted by Crippen LogP contribution is 2.29. The third-order valence-electron chi connectivity index (χ3n) is 3.58. The van der Waals surface area contributed by atoms with Gasteiger partial charge in [0.05, 0.1) is 0 Å². The molecule has 112 valence electrons. The van der Waals surface area contributed by atoms with Crippen molar-refractivity contribution in [3.8, 4) is 0 Å². The number of rotatable bonds is 3. The van der Waals surface area contributed by atoms with Crippen LogP contribution in [0.3, 0.4) is 0 Å². The predicted molar refractivity (Wildman–Crippen MR) is 76.4 cm³/mol. The zero-order chi connectivity index (χ0) is 14.9. The van der Waals surface area contributed by atoms with Crippen LogP contribution in [0.25, 0.3) is 0 Å². The van der Waals surface area contributed by atoms with E-state index in [0.717, 1.165) is 5.69 Å². The molecule has 1 N–H and O–H groups in total. The van der Waals surface area contributed by atoms with Gasteiger partial charge in [0, 0.05) is 43.3 Å². The molecule has 0 aliphatic carbocycles. The molecule has 3 heterocycles. The van der Waals surface area contributed by atoms with Gasteiger partial charge in [-0.1, -0.05) is 0 Å². The van der Waals surface area contributed by atoms with Gasteiger partial charge in [0.15, 0.2) is 0 Å². The first kappa shape index (κ1) is 14.4. The largest absolute Gasteiger partial charge is 0.334 e. The van der Waals surface area contributed by atoms with Crippen LogP contribution in [0.4, 0.5) is 0 Å². The van der Waals surface area contributed by atoms with E-state index in [1.54, 1.807) is 6.20 Å². The molecule has 0 unspecified atom stereocenters. The summed E-state index contributed by atoms with van der Waals surface area (Å²) >= 11 is 5.79. The zero-order valence-corrected chi connectivity index (χ0v) is 12.7. The Labute approximate surface area is 127 Å². The Hall–Kier alpha value is -1.51. The summed E-state index contributed by atoms with van der Waals surface area (Å²) in [6.07, 6.45) is 5.96. The Morgan fingerprint density at radius 2 is 2.00 bits per heavy atom. The number of H-pyrrole nitrogens is 1. The molecule has 0 amide bonds. The van der Waals surface area contributed by atoms with Gasteiger partial charge in [0.25, 0.3) is 10.0 Å². The quantitative estimate of drug-likeness (QED) is 0.861. The molecule has 7 nitrogen and oxygen atoms in total. The van der Waals surface area contributed by atoms with Crippen LogP contribution in [0, 0.1) is 0 Å². The lowest BCUT2D eigenvalue weighted by molar-refractivity contribution is 0.315. The number of halogens is 1. The van der Waals surface area contributed by atoms with E-state index in [1.807, 2.05) is 6.07 Å². The fourth-order valence-corrected chi connectivity index (χ4v) is 3.98. The second kappa shape index (κ2) is 5.70. The summed E-state index contributed by atoms with van der Waals surface area (Å²) in [5, 5.41) is 0.212. The van der Waals surface area contributed by atoms with Gasteiger partial charge < -0.3 is 4.98 Å². The highest BCUT2D eigenvalue weighted by Gasteiger charge is 2.31. The minimum atomic E-state index is -3.52. The summed E-state index contributed by atoms with van der Waals surface area (Å²) < 4.78 is 26.1. The first-order chi connectivity index (χ1) is 10.1. The predicted octanol–water partition coefficient (Wildman–Crippen LogP) is 1.42. The molecule has 21 heavy (non-hydrogen) atoms. The monoisotopic (exact) mass is 327 g/mol. The van der Waals surface area contributed by atoms with Crippen LogP contribution in [0.1, 0.15) is 24.5 Å². The average Bonchev–Trinajstić information content (AvgIpc) is 3.02. The summed E-state index contributed by atoms with van der Waals surface area (Å²) in [6.45, 7) is 0.880. The molecule has 3 rings (SSSR count). The van der Waals surface area contributed by atoms with Crippen LogP contribution in [-0.4, -0.2) is 45.7 Å². The van der Waals surface area contributed by atoms with E-state index in [4.69, 9.17) is 11.6 Å². The van der Waals surface area contributed by atoms with E-state index >= 15 is 0 Å². The van der Waals surface area contributed by atoms with Crippen LogP contribution >= 0.6 is 11.6 Å². The first-order valence-electron chi connectivity index (χ1n) is 6.55. The number of imidazole rings is 1. The number of nitrogens with one attached hydrogen (secondary N) is 1. The molecule has 0 atom stereocenters. The van der Waals surface area contributed by atoms with Crippen molar-refractivity contribution in [1.82, 2.24) is 24.2 Å². The highest BCUT2D eigenvalue weighted by molar-refractivity contribution is 7.88. The van der Waals surface area contributed by atoms with Gasteiger partial charge in [-0.3, -0.25) is 0 Å². The molecule has 2 aromatic rings. The number of hydrogen-bond acceptors (Lipinski definition) is 5. The number of aromatic nitrogens is 4. The van der Waals surface area contributed by atoms with Crippen molar-refractivity contribution >= 4 is 21.6 Å². The van der Waals surface area contributed by atoms with Gasteiger partial charge in [0.2, 0.25) is 10.4 Å². The van der Waals surface area contributed by atoms with Crippen molar-refractivity contribution in [2.24, 2.45) is 0 Å². The van der Waals surface area contributed by atoms with Crippen LogP contribution in [-0.2, 0) is 10.0 Å². The van der Waals surface area contributed by atoms with Crippen molar-refractivity contribution in [1.29, 1.82) is 0 Å². The highest BCUT2D eigenvalue weighted by atomic mass is 35.5. The number of nitrogens with zero attached hydrogens (tertiary/aromatic N) is 4. The Morgan fingerprint density at radius 3 is 2.62 bits per heavy atom. The standard InChI is InChI=1S/C12H14ClN5O2S/c13-11-14-4-1-10(17-11)9-2-7-18(8-3-9)21(19,20)12-15-5-6-16-12/h1,4-6,9H,2-3,7-8H2,(H,15,16). The van der Waals surface area contributed by atoms with Crippen molar-refractivity contribution < 1.29 is 8.42 Å². The minimum absolute atomic E-state index is 0.00831. The topological polar surface area (TPSA) is 91.8 Å². The summed E-state index contributed by atoms with van der Waals surface area (Å²) in [4.78, 5) is 14.5. The third-order valence-corrected chi connectivity index (χ3v) is 5.52. The second-order valence-corrected chi connectivity index (χ2v) is 7.01. The summed E-state index contributed by atoms with van der Waals surface area (Å²) in [6, 6.07) is 1.83. The lowest BCUT2D eigenvalue weighted by atomic mass is 9.94. The van der Waals surface area contributed by atoms with Gasteiger partial charge >= 0.3 is 0 Å². The molecule has 2 aromatic heterocycles. The molecule has 0 spiro atoms. The lowest BCUT2D eigenvalue weighted by Crippen LogP contribution is -2.38.